The molecule has 0 amide bonds. The van der Waals surface area contributed by atoms with Crippen molar-refractivity contribution in [3.8, 4) is 0 Å². The van der Waals surface area contributed by atoms with Crippen molar-refractivity contribution in [2.45, 2.75) is 19.9 Å². The first kappa shape index (κ1) is 16.5. The second-order valence-corrected chi connectivity index (χ2v) is 6.67. The lowest BCUT2D eigenvalue weighted by molar-refractivity contribution is 0.733. The third-order valence-electron chi connectivity index (χ3n) is 2.80. The Balaban J connectivity index is 2.33. The molecule has 0 saturated heterocycles. The standard InChI is InChI=1S/C14H14Br2ClN3O/c1-2-5-18-13-4-3-11(17)12(19-13)8-20-7-9(15)6-10(16)14(20)21/h3-4,6-7H,2,5,8H2,1H3,(H,18,19). The highest BCUT2D eigenvalue weighted by Crippen LogP contribution is 2.19. The second-order valence-electron chi connectivity index (χ2n) is 4.49. The van der Waals surface area contributed by atoms with Gasteiger partial charge in [0.15, 0.2) is 0 Å². The Kier molecular flexibility index (Phi) is 5.84. The van der Waals surface area contributed by atoms with Crippen molar-refractivity contribution in [2.24, 2.45) is 0 Å². The van der Waals surface area contributed by atoms with E-state index in [2.05, 4.69) is 49.1 Å². The molecule has 4 nitrogen and oxygen atoms in total. The molecule has 0 aromatic carbocycles. The largest absolute Gasteiger partial charge is 0.370 e. The number of nitrogens with one attached hydrogen (secondary N) is 1. The summed E-state index contributed by atoms with van der Waals surface area (Å²) in [6.45, 7) is 3.25. The number of hydrogen-bond donors (Lipinski definition) is 1. The summed E-state index contributed by atoms with van der Waals surface area (Å²) in [6, 6.07) is 5.34. The summed E-state index contributed by atoms with van der Waals surface area (Å²) < 4.78 is 2.87. The maximum Gasteiger partial charge on any atom is 0.265 e. The summed E-state index contributed by atoms with van der Waals surface area (Å²) in [5.74, 6) is 0.762. The van der Waals surface area contributed by atoms with Gasteiger partial charge in [0, 0.05) is 17.2 Å². The molecule has 7 heteroatoms. The van der Waals surface area contributed by atoms with Crippen LogP contribution in [0.15, 0.2) is 38.1 Å². The van der Waals surface area contributed by atoms with Gasteiger partial charge in [0.25, 0.3) is 5.56 Å². The van der Waals surface area contributed by atoms with Gasteiger partial charge in [0.1, 0.15) is 5.82 Å². The van der Waals surface area contributed by atoms with Crippen LogP contribution >= 0.6 is 43.5 Å². The maximum absolute atomic E-state index is 12.1. The van der Waals surface area contributed by atoms with Crippen molar-refractivity contribution in [1.82, 2.24) is 9.55 Å². The smallest absolute Gasteiger partial charge is 0.265 e. The molecule has 2 heterocycles. The van der Waals surface area contributed by atoms with E-state index in [1.165, 1.54) is 0 Å². The molecule has 21 heavy (non-hydrogen) atoms. The third kappa shape index (κ3) is 4.31. The Labute approximate surface area is 144 Å². The lowest BCUT2D eigenvalue weighted by Crippen LogP contribution is -2.21. The second kappa shape index (κ2) is 7.42. The van der Waals surface area contributed by atoms with E-state index >= 15 is 0 Å². The zero-order valence-electron chi connectivity index (χ0n) is 11.4. The molecule has 2 rings (SSSR count). The molecule has 0 radical (unpaired) electrons. The Morgan fingerprint density at radius 2 is 2.14 bits per heavy atom. The molecule has 0 aliphatic carbocycles. The highest BCUT2D eigenvalue weighted by Gasteiger charge is 2.09. The molecule has 2 aromatic heterocycles. The molecular weight excluding hydrogens is 421 g/mol. The van der Waals surface area contributed by atoms with E-state index in [4.69, 9.17) is 11.6 Å². The predicted molar refractivity (Wildman–Crippen MR) is 93.2 cm³/mol. The van der Waals surface area contributed by atoms with Crippen molar-refractivity contribution in [2.75, 3.05) is 11.9 Å². The highest BCUT2D eigenvalue weighted by atomic mass is 79.9. The monoisotopic (exact) mass is 433 g/mol. The van der Waals surface area contributed by atoms with Crippen LogP contribution in [0.4, 0.5) is 5.82 Å². The number of halogens is 3. The fraction of sp³-hybridized carbons (Fsp3) is 0.286. The fourth-order valence-corrected chi connectivity index (χ4v) is 3.21. The van der Waals surface area contributed by atoms with Crippen molar-refractivity contribution >= 4 is 49.3 Å². The molecule has 0 spiro atoms. The molecule has 0 unspecified atom stereocenters. The number of rotatable bonds is 5. The van der Waals surface area contributed by atoms with Crippen LogP contribution in [0.2, 0.25) is 5.02 Å². The van der Waals surface area contributed by atoms with Gasteiger partial charge in [-0.3, -0.25) is 4.79 Å². The van der Waals surface area contributed by atoms with Crippen molar-refractivity contribution in [1.29, 1.82) is 0 Å². The summed E-state index contributed by atoms with van der Waals surface area (Å²) in [7, 11) is 0. The average Bonchev–Trinajstić information content (AvgIpc) is 2.45. The SMILES string of the molecule is CCCNc1ccc(Cl)c(Cn2cc(Br)cc(Br)c2=O)n1. The Morgan fingerprint density at radius 3 is 2.86 bits per heavy atom. The summed E-state index contributed by atoms with van der Waals surface area (Å²) in [5, 5.41) is 3.75. The number of aromatic nitrogens is 2. The quantitative estimate of drug-likeness (QED) is 0.762. The van der Waals surface area contributed by atoms with E-state index in [0.717, 1.165) is 23.3 Å². The molecule has 112 valence electrons. The number of nitrogens with zero attached hydrogens (tertiary/aromatic N) is 2. The zero-order valence-corrected chi connectivity index (χ0v) is 15.3. The molecule has 2 aromatic rings. The maximum atomic E-state index is 12.1. The van der Waals surface area contributed by atoms with Gasteiger partial charge in [0.2, 0.25) is 0 Å². The predicted octanol–water partition coefficient (Wildman–Crippen LogP) is 4.29. The summed E-state index contributed by atoms with van der Waals surface area (Å²) >= 11 is 12.8. The van der Waals surface area contributed by atoms with E-state index in [-0.39, 0.29) is 5.56 Å². The first-order valence-corrected chi connectivity index (χ1v) is 8.42. The summed E-state index contributed by atoms with van der Waals surface area (Å²) in [6.07, 6.45) is 2.73. The summed E-state index contributed by atoms with van der Waals surface area (Å²) in [5.41, 5.74) is 0.535. The van der Waals surface area contributed by atoms with Crippen LogP contribution in [0.25, 0.3) is 0 Å². The van der Waals surface area contributed by atoms with Crippen LogP contribution < -0.4 is 10.9 Å². The van der Waals surface area contributed by atoms with E-state index in [1.54, 1.807) is 22.9 Å². The molecule has 1 N–H and O–H groups in total. The lowest BCUT2D eigenvalue weighted by Gasteiger charge is -2.11. The third-order valence-corrected chi connectivity index (χ3v) is 4.15. The Bertz CT molecular complexity index is 703. The normalized spacial score (nSPS) is 10.7. The van der Waals surface area contributed by atoms with Crippen molar-refractivity contribution < 1.29 is 0 Å². The van der Waals surface area contributed by atoms with Gasteiger partial charge in [-0.15, -0.1) is 0 Å². The zero-order chi connectivity index (χ0) is 15.4. The van der Waals surface area contributed by atoms with Crippen LogP contribution in [0.1, 0.15) is 19.0 Å². The minimum absolute atomic E-state index is 0.122. The Hall–Kier alpha value is -0.850. The van der Waals surface area contributed by atoms with Crippen molar-refractivity contribution in [3.05, 3.63) is 54.4 Å². The van der Waals surface area contributed by atoms with Crippen molar-refractivity contribution in [3.63, 3.8) is 0 Å². The highest BCUT2D eigenvalue weighted by molar-refractivity contribution is 9.11. The van der Waals surface area contributed by atoms with Crippen LogP contribution in [0.3, 0.4) is 0 Å². The van der Waals surface area contributed by atoms with Gasteiger partial charge in [-0.25, -0.2) is 4.98 Å². The topological polar surface area (TPSA) is 46.9 Å². The molecule has 0 aliphatic rings. The van der Waals surface area contributed by atoms with Crippen LogP contribution in [-0.4, -0.2) is 16.1 Å². The minimum atomic E-state index is -0.122. The van der Waals surface area contributed by atoms with E-state index in [9.17, 15) is 4.79 Å². The molecule has 0 fully saturated rings. The van der Waals surface area contributed by atoms with Gasteiger partial charge >= 0.3 is 0 Å². The fourth-order valence-electron chi connectivity index (χ4n) is 1.79. The van der Waals surface area contributed by atoms with Gasteiger partial charge in [-0.1, -0.05) is 18.5 Å². The van der Waals surface area contributed by atoms with Gasteiger partial charge in [-0.05, 0) is 56.5 Å². The number of pyridine rings is 2. The average molecular weight is 436 g/mol. The summed E-state index contributed by atoms with van der Waals surface area (Å²) in [4.78, 5) is 16.6. The van der Waals surface area contributed by atoms with E-state index in [1.807, 2.05) is 6.07 Å². The molecular formula is C14H14Br2ClN3O. The van der Waals surface area contributed by atoms with Crippen LogP contribution in [-0.2, 0) is 6.54 Å². The van der Waals surface area contributed by atoms with E-state index in [0.29, 0.717) is 21.7 Å². The van der Waals surface area contributed by atoms with E-state index < -0.39 is 0 Å². The first-order chi connectivity index (χ1) is 10.0. The molecule has 0 saturated carbocycles. The van der Waals surface area contributed by atoms with Gasteiger partial charge in [-0.2, -0.15) is 0 Å². The molecule has 0 aliphatic heterocycles. The number of hydrogen-bond acceptors (Lipinski definition) is 3. The van der Waals surface area contributed by atoms with Crippen LogP contribution in [0, 0.1) is 0 Å². The molecule has 0 bridgehead atoms. The number of anilines is 1. The van der Waals surface area contributed by atoms with Crippen LogP contribution in [0.5, 0.6) is 0 Å². The lowest BCUT2D eigenvalue weighted by atomic mass is 10.3. The van der Waals surface area contributed by atoms with Gasteiger partial charge in [0.05, 0.1) is 21.7 Å². The molecule has 0 atom stereocenters. The minimum Gasteiger partial charge on any atom is -0.370 e. The first-order valence-electron chi connectivity index (χ1n) is 6.46. The Morgan fingerprint density at radius 1 is 1.38 bits per heavy atom. The van der Waals surface area contributed by atoms with Gasteiger partial charge < -0.3 is 9.88 Å².